The third-order valence-corrected chi connectivity index (χ3v) is 5.46. The number of piperazine rings is 1. The molecule has 0 spiro atoms. The number of nitrogens with zero attached hydrogens (tertiary/aromatic N) is 4. The standard InChI is InChI=1S/C19H22N6O3/c1-2-16(26-9-1)12-25-19(20-21-22-25)13-24-7-5-23(6-8-24)11-15-3-4-17-18(10-15)28-14-27-17/h1-4,9-10H,5-8,11-14H2/p+2. The Bertz CT molecular complexity index is 918. The van der Waals surface area contributed by atoms with Crippen LogP contribution in [0.5, 0.6) is 11.5 Å². The van der Waals surface area contributed by atoms with Crippen LogP contribution in [0.15, 0.2) is 41.0 Å². The Morgan fingerprint density at radius 2 is 1.79 bits per heavy atom. The van der Waals surface area contributed by atoms with E-state index in [-0.39, 0.29) is 0 Å². The van der Waals surface area contributed by atoms with Crippen molar-refractivity contribution >= 4 is 0 Å². The average Bonchev–Trinajstić information content (AvgIpc) is 3.46. The minimum Gasteiger partial charge on any atom is -0.467 e. The fraction of sp³-hybridized carbons (Fsp3) is 0.421. The fourth-order valence-electron chi connectivity index (χ4n) is 3.90. The van der Waals surface area contributed by atoms with E-state index in [9.17, 15) is 0 Å². The van der Waals surface area contributed by atoms with Crippen molar-refractivity contribution < 1.29 is 23.7 Å². The Labute approximate surface area is 162 Å². The van der Waals surface area contributed by atoms with E-state index in [0.717, 1.165) is 62.4 Å². The summed E-state index contributed by atoms with van der Waals surface area (Å²) in [6.45, 7) is 7.22. The molecule has 0 amide bonds. The summed E-state index contributed by atoms with van der Waals surface area (Å²) in [5.41, 5.74) is 1.30. The molecule has 9 nitrogen and oxygen atoms in total. The third-order valence-electron chi connectivity index (χ3n) is 5.46. The van der Waals surface area contributed by atoms with Gasteiger partial charge < -0.3 is 23.7 Å². The zero-order valence-corrected chi connectivity index (χ0v) is 15.6. The average molecular weight is 384 g/mol. The quantitative estimate of drug-likeness (QED) is 0.540. The van der Waals surface area contributed by atoms with E-state index >= 15 is 0 Å². The molecule has 2 N–H and O–H groups in total. The number of rotatable bonds is 6. The minimum atomic E-state index is 0.326. The molecule has 0 radical (unpaired) electrons. The lowest BCUT2D eigenvalue weighted by Crippen LogP contribution is -3.27. The molecule has 1 fully saturated rings. The van der Waals surface area contributed by atoms with Crippen molar-refractivity contribution in [1.29, 1.82) is 0 Å². The highest BCUT2D eigenvalue weighted by atomic mass is 16.7. The van der Waals surface area contributed by atoms with Gasteiger partial charge in [0.25, 0.3) is 0 Å². The second kappa shape index (κ2) is 7.61. The van der Waals surface area contributed by atoms with Crippen LogP contribution in [0.25, 0.3) is 0 Å². The smallest absolute Gasteiger partial charge is 0.231 e. The van der Waals surface area contributed by atoms with Gasteiger partial charge in [-0.05, 0) is 40.8 Å². The molecule has 2 aromatic heterocycles. The summed E-state index contributed by atoms with van der Waals surface area (Å²) < 4.78 is 18.1. The largest absolute Gasteiger partial charge is 0.467 e. The van der Waals surface area contributed by atoms with E-state index in [4.69, 9.17) is 13.9 Å². The highest BCUT2D eigenvalue weighted by Crippen LogP contribution is 2.32. The van der Waals surface area contributed by atoms with Crippen molar-refractivity contribution in [3.8, 4) is 11.5 Å². The first-order valence-electron chi connectivity index (χ1n) is 9.66. The summed E-state index contributed by atoms with van der Waals surface area (Å²) in [7, 11) is 0. The van der Waals surface area contributed by atoms with E-state index in [1.54, 1.807) is 11.2 Å². The van der Waals surface area contributed by atoms with Crippen LogP contribution in [0.3, 0.4) is 0 Å². The zero-order chi connectivity index (χ0) is 18.8. The van der Waals surface area contributed by atoms with Crippen molar-refractivity contribution in [2.45, 2.75) is 19.6 Å². The van der Waals surface area contributed by atoms with E-state index in [1.807, 2.05) is 22.9 Å². The highest BCUT2D eigenvalue weighted by molar-refractivity contribution is 5.44. The number of tetrazole rings is 1. The van der Waals surface area contributed by atoms with Gasteiger partial charge in [-0.3, -0.25) is 0 Å². The van der Waals surface area contributed by atoms with Crippen molar-refractivity contribution in [2.75, 3.05) is 33.0 Å². The Morgan fingerprint density at radius 3 is 2.61 bits per heavy atom. The van der Waals surface area contributed by atoms with Crippen LogP contribution < -0.4 is 19.3 Å². The van der Waals surface area contributed by atoms with E-state index < -0.39 is 0 Å². The maximum atomic E-state index is 5.49. The summed E-state index contributed by atoms with van der Waals surface area (Å²) in [6, 6.07) is 10.1. The minimum absolute atomic E-state index is 0.326. The van der Waals surface area contributed by atoms with E-state index in [1.165, 1.54) is 10.5 Å². The van der Waals surface area contributed by atoms with Crippen molar-refractivity contribution in [3.63, 3.8) is 0 Å². The van der Waals surface area contributed by atoms with Gasteiger partial charge in [-0.1, -0.05) is 0 Å². The summed E-state index contributed by atoms with van der Waals surface area (Å²) >= 11 is 0. The number of furan rings is 1. The molecule has 5 rings (SSSR count). The van der Waals surface area contributed by atoms with Crippen LogP contribution in [0.4, 0.5) is 0 Å². The third kappa shape index (κ3) is 3.71. The van der Waals surface area contributed by atoms with E-state index in [2.05, 4.69) is 27.7 Å². The van der Waals surface area contributed by atoms with Crippen molar-refractivity contribution in [1.82, 2.24) is 20.2 Å². The second-order valence-corrected chi connectivity index (χ2v) is 7.37. The number of benzene rings is 1. The molecule has 4 heterocycles. The van der Waals surface area contributed by atoms with Gasteiger partial charge in [-0.2, -0.15) is 0 Å². The number of aromatic nitrogens is 4. The number of quaternary nitrogens is 2. The van der Waals surface area contributed by atoms with Crippen LogP contribution in [-0.4, -0.2) is 53.2 Å². The van der Waals surface area contributed by atoms with Gasteiger partial charge in [0.1, 0.15) is 51.6 Å². The molecule has 146 valence electrons. The number of nitrogens with one attached hydrogen (secondary N) is 2. The summed E-state index contributed by atoms with van der Waals surface area (Å²) in [6.07, 6.45) is 1.67. The first-order chi connectivity index (χ1) is 13.8. The van der Waals surface area contributed by atoms with Crippen LogP contribution in [-0.2, 0) is 19.6 Å². The van der Waals surface area contributed by atoms with Gasteiger partial charge in [0, 0.05) is 5.56 Å². The molecule has 0 saturated carbocycles. The Balaban J connectivity index is 1.14. The number of ether oxygens (including phenoxy) is 2. The molecule has 2 aliphatic rings. The molecular weight excluding hydrogens is 360 g/mol. The topological polar surface area (TPSA) is 84.1 Å². The van der Waals surface area contributed by atoms with Crippen LogP contribution >= 0.6 is 0 Å². The Kier molecular flexibility index (Phi) is 4.67. The lowest BCUT2D eigenvalue weighted by molar-refractivity contribution is -1.02. The number of fused-ring (bicyclic) bond motifs is 1. The van der Waals surface area contributed by atoms with Gasteiger partial charge in [0.2, 0.25) is 12.6 Å². The first kappa shape index (κ1) is 17.2. The maximum Gasteiger partial charge on any atom is 0.231 e. The van der Waals surface area contributed by atoms with Crippen molar-refractivity contribution in [2.24, 2.45) is 0 Å². The van der Waals surface area contributed by atoms with Gasteiger partial charge in [0.05, 0.1) is 6.26 Å². The SMILES string of the molecule is c1coc(Cn2nnnc2C[NH+]2CC[NH+](Cc3ccc4c(c3)OCO4)CC2)c1. The molecule has 1 saturated heterocycles. The maximum absolute atomic E-state index is 5.49. The van der Waals surface area contributed by atoms with Gasteiger partial charge in [-0.15, -0.1) is 5.10 Å². The summed E-state index contributed by atoms with van der Waals surface area (Å²) in [5.74, 6) is 3.48. The molecule has 1 aromatic carbocycles. The zero-order valence-electron chi connectivity index (χ0n) is 15.6. The number of hydrogen-bond donors (Lipinski definition) is 2. The van der Waals surface area contributed by atoms with E-state index in [0.29, 0.717) is 13.3 Å². The normalized spacial score (nSPS) is 21.1. The van der Waals surface area contributed by atoms with Crippen LogP contribution in [0.1, 0.15) is 17.1 Å². The second-order valence-electron chi connectivity index (χ2n) is 7.37. The molecule has 0 atom stereocenters. The van der Waals surface area contributed by atoms with Gasteiger partial charge in [-0.25, -0.2) is 4.68 Å². The van der Waals surface area contributed by atoms with Gasteiger partial charge in [0.15, 0.2) is 11.5 Å². The fourth-order valence-corrected chi connectivity index (χ4v) is 3.90. The predicted molar refractivity (Wildman–Crippen MR) is 97.0 cm³/mol. The molecule has 0 bridgehead atoms. The van der Waals surface area contributed by atoms with Crippen LogP contribution in [0.2, 0.25) is 0 Å². The lowest BCUT2D eigenvalue weighted by Gasteiger charge is -2.29. The predicted octanol–water partition coefficient (Wildman–Crippen LogP) is -1.47. The Morgan fingerprint density at radius 1 is 0.964 bits per heavy atom. The molecular formula is C19H24N6O3+2. The molecule has 2 aliphatic heterocycles. The molecule has 9 heteroatoms. The van der Waals surface area contributed by atoms with Crippen molar-refractivity contribution in [3.05, 3.63) is 53.7 Å². The monoisotopic (exact) mass is 384 g/mol. The summed E-state index contributed by atoms with van der Waals surface area (Å²) in [5, 5.41) is 12.2. The van der Waals surface area contributed by atoms with Crippen LogP contribution in [0, 0.1) is 0 Å². The summed E-state index contributed by atoms with van der Waals surface area (Å²) in [4.78, 5) is 3.11. The highest BCUT2D eigenvalue weighted by Gasteiger charge is 2.25. The number of hydrogen-bond acceptors (Lipinski definition) is 6. The lowest BCUT2D eigenvalue weighted by atomic mass is 10.1. The Hall–Kier alpha value is -2.91. The molecule has 0 aliphatic carbocycles. The molecule has 0 unspecified atom stereocenters. The van der Waals surface area contributed by atoms with Gasteiger partial charge >= 0.3 is 0 Å². The first-order valence-corrected chi connectivity index (χ1v) is 9.66. The molecule has 28 heavy (non-hydrogen) atoms. The molecule has 3 aromatic rings.